The highest BCUT2D eigenvalue weighted by Crippen LogP contribution is 2.22. The molecule has 1 atom stereocenters. The molecule has 3 N–H and O–H groups in total. The molecule has 0 aliphatic rings. The zero-order valence-corrected chi connectivity index (χ0v) is 9.21. The van der Waals surface area contributed by atoms with E-state index >= 15 is 0 Å². The molecule has 0 saturated heterocycles. The van der Waals surface area contributed by atoms with E-state index in [2.05, 4.69) is 6.58 Å². The van der Waals surface area contributed by atoms with Crippen LogP contribution in [0.4, 0.5) is 0 Å². The van der Waals surface area contributed by atoms with Crippen molar-refractivity contribution in [2.45, 2.75) is 18.6 Å². The third-order valence-electron chi connectivity index (χ3n) is 2.63. The monoisotopic (exact) mass is 222 g/mol. The smallest absolute Gasteiger partial charge is 0.171 e. The van der Waals surface area contributed by atoms with Crippen LogP contribution in [0.15, 0.2) is 43.0 Å². The van der Waals surface area contributed by atoms with Crippen LogP contribution in [0.25, 0.3) is 0 Å². The molecule has 0 spiro atoms. The first kappa shape index (κ1) is 12.9. The van der Waals surface area contributed by atoms with Crippen molar-refractivity contribution < 1.29 is 15.3 Å². The summed E-state index contributed by atoms with van der Waals surface area (Å²) >= 11 is 0. The number of hydrogen-bond donors (Lipinski definition) is 3. The quantitative estimate of drug-likeness (QED) is 0.499. The molecule has 0 aliphatic carbocycles. The summed E-state index contributed by atoms with van der Waals surface area (Å²) in [5, 5.41) is 28.9. The Labute approximate surface area is 95.7 Å². The Hall–Kier alpha value is -1.16. The molecule has 1 rings (SSSR count). The molecule has 3 nitrogen and oxygen atoms in total. The summed E-state index contributed by atoms with van der Waals surface area (Å²) < 4.78 is 0. The van der Waals surface area contributed by atoms with E-state index in [4.69, 9.17) is 5.11 Å². The molecule has 1 aromatic rings. The Balaban J connectivity index is 2.73. The minimum atomic E-state index is -1.90. The fourth-order valence-corrected chi connectivity index (χ4v) is 1.65. The van der Waals surface area contributed by atoms with Gasteiger partial charge in [0.15, 0.2) is 5.79 Å². The molecule has 0 aliphatic heterocycles. The van der Waals surface area contributed by atoms with Gasteiger partial charge in [-0.3, -0.25) is 0 Å². The van der Waals surface area contributed by atoms with E-state index in [0.29, 0.717) is 6.42 Å². The molecular weight excluding hydrogens is 204 g/mol. The summed E-state index contributed by atoms with van der Waals surface area (Å²) in [7, 11) is 0. The molecular formula is C13H18O3. The van der Waals surface area contributed by atoms with Crippen LogP contribution in [0.2, 0.25) is 0 Å². The zero-order valence-electron chi connectivity index (χ0n) is 9.21. The number of hydrogen-bond acceptors (Lipinski definition) is 3. The van der Waals surface area contributed by atoms with Gasteiger partial charge >= 0.3 is 0 Å². The Morgan fingerprint density at radius 3 is 2.38 bits per heavy atom. The van der Waals surface area contributed by atoms with Crippen LogP contribution < -0.4 is 0 Å². The fraction of sp³-hybridized carbons (Fsp3) is 0.385. The van der Waals surface area contributed by atoms with E-state index in [-0.39, 0.29) is 13.0 Å². The Morgan fingerprint density at radius 2 is 1.88 bits per heavy atom. The third kappa shape index (κ3) is 3.45. The van der Waals surface area contributed by atoms with Gasteiger partial charge < -0.3 is 15.3 Å². The Morgan fingerprint density at radius 1 is 1.25 bits per heavy atom. The first-order valence-electron chi connectivity index (χ1n) is 5.30. The SMILES string of the molecule is C=CCC(CO)C(O)(O)Cc1ccccc1. The maximum atomic E-state index is 9.91. The number of benzene rings is 1. The lowest BCUT2D eigenvalue weighted by Crippen LogP contribution is -2.41. The van der Waals surface area contributed by atoms with Crippen molar-refractivity contribution in [2.24, 2.45) is 5.92 Å². The molecule has 0 saturated carbocycles. The largest absolute Gasteiger partial charge is 0.396 e. The average molecular weight is 222 g/mol. The van der Waals surface area contributed by atoms with Gasteiger partial charge in [-0.25, -0.2) is 0 Å². The minimum Gasteiger partial charge on any atom is -0.396 e. The molecule has 1 unspecified atom stereocenters. The highest BCUT2D eigenvalue weighted by atomic mass is 16.5. The third-order valence-corrected chi connectivity index (χ3v) is 2.63. The summed E-state index contributed by atoms with van der Waals surface area (Å²) in [6.45, 7) is 3.26. The van der Waals surface area contributed by atoms with Crippen molar-refractivity contribution in [1.29, 1.82) is 0 Å². The van der Waals surface area contributed by atoms with Crippen LogP contribution in [0.3, 0.4) is 0 Å². The molecule has 3 heteroatoms. The summed E-state index contributed by atoms with van der Waals surface area (Å²) in [6.07, 6.45) is 2.05. The van der Waals surface area contributed by atoms with Gasteiger partial charge in [0.05, 0.1) is 6.61 Å². The molecule has 88 valence electrons. The van der Waals surface area contributed by atoms with Crippen molar-refractivity contribution in [1.82, 2.24) is 0 Å². The summed E-state index contributed by atoms with van der Waals surface area (Å²) in [4.78, 5) is 0. The predicted octanol–water partition coefficient (Wildman–Crippen LogP) is 1.09. The number of aliphatic hydroxyl groups excluding tert-OH is 1. The number of allylic oxidation sites excluding steroid dienone is 1. The number of rotatable bonds is 6. The first-order chi connectivity index (χ1) is 7.60. The van der Waals surface area contributed by atoms with Gasteiger partial charge in [0.1, 0.15) is 0 Å². The minimum absolute atomic E-state index is 0.104. The second kappa shape index (κ2) is 5.80. The van der Waals surface area contributed by atoms with Crippen LogP contribution in [-0.2, 0) is 6.42 Å². The van der Waals surface area contributed by atoms with E-state index in [1.165, 1.54) is 0 Å². The van der Waals surface area contributed by atoms with Crippen LogP contribution >= 0.6 is 0 Å². The Bertz CT molecular complexity index is 319. The maximum absolute atomic E-state index is 9.91. The average Bonchev–Trinajstić information content (AvgIpc) is 2.26. The van der Waals surface area contributed by atoms with E-state index < -0.39 is 11.7 Å². The van der Waals surface area contributed by atoms with Gasteiger partial charge in [-0.05, 0) is 12.0 Å². The standard InChI is InChI=1S/C13H18O3/c1-2-6-12(10-14)13(15,16)9-11-7-4-3-5-8-11/h2-5,7-8,12,14-16H,1,6,9-10H2. The van der Waals surface area contributed by atoms with Crippen molar-refractivity contribution in [3.05, 3.63) is 48.6 Å². The van der Waals surface area contributed by atoms with E-state index in [1.54, 1.807) is 6.08 Å². The molecule has 16 heavy (non-hydrogen) atoms. The van der Waals surface area contributed by atoms with Crippen LogP contribution in [0.5, 0.6) is 0 Å². The molecule has 0 amide bonds. The number of aliphatic hydroxyl groups is 3. The first-order valence-corrected chi connectivity index (χ1v) is 5.30. The second-order valence-corrected chi connectivity index (χ2v) is 3.94. The molecule has 0 bridgehead atoms. The maximum Gasteiger partial charge on any atom is 0.171 e. The lowest BCUT2D eigenvalue weighted by molar-refractivity contribution is -0.205. The zero-order chi connectivity index (χ0) is 12.0. The van der Waals surface area contributed by atoms with Gasteiger partial charge in [-0.15, -0.1) is 6.58 Å². The topological polar surface area (TPSA) is 60.7 Å². The predicted molar refractivity (Wildman–Crippen MR) is 62.7 cm³/mol. The van der Waals surface area contributed by atoms with Crippen LogP contribution in [-0.4, -0.2) is 27.7 Å². The highest BCUT2D eigenvalue weighted by Gasteiger charge is 2.33. The van der Waals surface area contributed by atoms with Crippen LogP contribution in [0.1, 0.15) is 12.0 Å². The lowest BCUT2D eigenvalue weighted by atomic mass is 9.90. The van der Waals surface area contributed by atoms with Crippen molar-refractivity contribution in [3.63, 3.8) is 0 Å². The van der Waals surface area contributed by atoms with Crippen molar-refractivity contribution in [3.8, 4) is 0 Å². The molecule has 0 heterocycles. The molecule has 0 radical (unpaired) electrons. The summed E-state index contributed by atoms with van der Waals surface area (Å²) in [5.74, 6) is -2.50. The van der Waals surface area contributed by atoms with Gasteiger partial charge in [0.2, 0.25) is 0 Å². The molecule has 0 fully saturated rings. The van der Waals surface area contributed by atoms with Gasteiger partial charge in [0.25, 0.3) is 0 Å². The van der Waals surface area contributed by atoms with E-state index in [9.17, 15) is 10.2 Å². The summed E-state index contributed by atoms with van der Waals surface area (Å²) in [6, 6.07) is 9.19. The highest BCUT2D eigenvalue weighted by molar-refractivity contribution is 5.16. The van der Waals surface area contributed by atoms with Crippen molar-refractivity contribution in [2.75, 3.05) is 6.61 Å². The summed E-state index contributed by atoms with van der Waals surface area (Å²) in [5.41, 5.74) is 0.829. The van der Waals surface area contributed by atoms with Gasteiger partial charge in [0, 0.05) is 12.3 Å². The molecule has 1 aromatic carbocycles. The fourth-order valence-electron chi connectivity index (χ4n) is 1.65. The van der Waals surface area contributed by atoms with E-state index in [0.717, 1.165) is 5.56 Å². The van der Waals surface area contributed by atoms with Gasteiger partial charge in [-0.1, -0.05) is 36.4 Å². The van der Waals surface area contributed by atoms with Gasteiger partial charge in [-0.2, -0.15) is 0 Å². The normalized spacial score (nSPS) is 13.4. The van der Waals surface area contributed by atoms with Crippen LogP contribution in [0, 0.1) is 5.92 Å². The second-order valence-electron chi connectivity index (χ2n) is 3.94. The van der Waals surface area contributed by atoms with E-state index in [1.807, 2.05) is 30.3 Å². The Kier molecular flexibility index (Phi) is 4.68. The molecule has 0 aromatic heterocycles. The van der Waals surface area contributed by atoms with Crippen molar-refractivity contribution >= 4 is 0 Å². The lowest BCUT2D eigenvalue weighted by Gasteiger charge is -2.29.